The topological polar surface area (TPSA) is 105 Å². The maximum Gasteiger partial charge on any atom is 0.292 e. The zero-order valence-corrected chi connectivity index (χ0v) is 9.07. The van der Waals surface area contributed by atoms with Crippen LogP contribution in [0.1, 0.15) is 6.42 Å². The molecule has 94 valence electrons. The lowest BCUT2D eigenvalue weighted by molar-refractivity contribution is -0.384. The lowest BCUT2D eigenvalue weighted by Crippen LogP contribution is -2.13. The minimum atomic E-state index is -1.40. The van der Waals surface area contributed by atoms with Gasteiger partial charge in [-0.25, -0.2) is 0 Å². The number of benzene rings is 1. The predicted molar refractivity (Wildman–Crippen MR) is 60.4 cm³/mol. The molecule has 0 aliphatic rings. The molecule has 0 radical (unpaired) electrons. The molecule has 7 nitrogen and oxygen atoms in total. The van der Waals surface area contributed by atoms with E-state index in [9.17, 15) is 10.1 Å². The van der Waals surface area contributed by atoms with Crippen LogP contribution in [0.3, 0.4) is 0 Å². The van der Waals surface area contributed by atoms with E-state index in [-0.39, 0.29) is 25.4 Å². The fourth-order valence-corrected chi connectivity index (χ4v) is 1.17. The van der Waals surface area contributed by atoms with Crippen LogP contribution in [0.2, 0.25) is 0 Å². The lowest BCUT2D eigenvalue weighted by Gasteiger charge is -2.08. The lowest BCUT2D eigenvalue weighted by atomic mass is 10.3. The Morgan fingerprint density at radius 1 is 1.41 bits per heavy atom. The summed E-state index contributed by atoms with van der Waals surface area (Å²) in [6, 6.07) is 6.21. The highest BCUT2D eigenvalue weighted by atomic mass is 16.6. The van der Waals surface area contributed by atoms with Crippen molar-refractivity contribution >= 4 is 11.4 Å². The summed E-state index contributed by atoms with van der Waals surface area (Å²) in [5.41, 5.74) is 0.334. The van der Waals surface area contributed by atoms with Gasteiger partial charge in [0.25, 0.3) is 5.69 Å². The minimum Gasteiger partial charge on any atom is -0.368 e. The number of hydrogen-bond donors (Lipinski definition) is 3. The first kappa shape index (κ1) is 13.4. The number of ether oxygens (including phenoxy) is 1. The first-order valence-corrected chi connectivity index (χ1v) is 5.02. The molecule has 1 aromatic rings. The van der Waals surface area contributed by atoms with Crippen LogP contribution in [0.5, 0.6) is 0 Å². The second kappa shape index (κ2) is 6.79. The summed E-state index contributed by atoms with van der Waals surface area (Å²) < 4.78 is 5.03. The van der Waals surface area contributed by atoms with E-state index in [1.807, 2.05) is 0 Å². The summed E-state index contributed by atoms with van der Waals surface area (Å²) >= 11 is 0. The molecule has 0 amide bonds. The molecule has 17 heavy (non-hydrogen) atoms. The van der Waals surface area contributed by atoms with Crippen LogP contribution >= 0.6 is 0 Å². The molecular weight excluding hydrogens is 228 g/mol. The standard InChI is InChI=1S/C10H14N2O5/c13-10(14)5-6-17-7-11-8-3-1-2-4-9(8)12(15)16/h1-4,10-11,13-14H,5-7H2. The third-order valence-electron chi connectivity index (χ3n) is 1.99. The first-order valence-electron chi connectivity index (χ1n) is 5.02. The molecule has 0 aliphatic carbocycles. The second-order valence-electron chi connectivity index (χ2n) is 3.27. The summed E-state index contributed by atoms with van der Waals surface area (Å²) in [5.74, 6) is 0. The summed E-state index contributed by atoms with van der Waals surface area (Å²) in [6.45, 7) is 0.225. The Morgan fingerprint density at radius 3 is 2.76 bits per heavy atom. The summed E-state index contributed by atoms with van der Waals surface area (Å²) in [5, 5.41) is 30.5. The van der Waals surface area contributed by atoms with Crippen LogP contribution in [0.4, 0.5) is 11.4 Å². The Balaban J connectivity index is 2.39. The molecule has 0 heterocycles. The van der Waals surface area contributed by atoms with Crippen LogP contribution in [0, 0.1) is 10.1 Å². The van der Waals surface area contributed by atoms with Gasteiger partial charge in [0.1, 0.15) is 12.4 Å². The second-order valence-corrected chi connectivity index (χ2v) is 3.27. The van der Waals surface area contributed by atoms with Crippen molar-refractivity contribution < 1.29 is 19.9 Å². The van der Waals surface area contributed by atoms with E-state index in [1.165, 1.54) is 6.07 Å². The average Bonchev–Trinajstić information content (AvgIpc) is 2.28. The smallest absolute Gasteiger partial charge is 0.292 e. The molecule has 7 heteroatoms. The molecule has 0 aromatic heterocycles. The number of rotatable bonds is 7. The maximum atomic E-state index is 10.7. The van der Waals surface area contributed by atoms with Crippen molar-refractivity contribution in [2.45, 2.75) is 12.7 Å². The van der Waals surface area contributed by atoms with E-state index in [4.69, 9.17) is 14.9 Å². The van der Waals surface area contributed by atoms with Crippen molar-refractivity contribution in [3.63, 3.8) is 0 Å². The molecule has 1 aromatic carbocycles. The van der Waals surface area contributed by atoms with E-state index >= 15 is 0 Å². The molecule has 3 N–H and O–H groups in total. The van der Waals surface area contributed by atoms with E-state index in [1.54, 1.807) is 18.2 Å². The number of nitrogens with zero attached hydrogens (tertiary/aromatic N) is 1. The van der Waals surface area contributed by atoms with Crippen molar-refractivity contribution in [3.8, 4) is 0 Å². The van der Waals surface area contributed by atoms with Gasteiger partial charge in [0, 0.05) is 12.5 Å². The number of anilines is 1. The number of nitro groups is 1. The van der Waals surface area contributed by atoms with Crippen molar-refractivity contribution in [1.29, 1.82) is 0 Å². The molecule has 1 rings (SSSR count). The molecule has 0 aliphatic heterocycles. The predicted octanol–water partition coefficient (Wildman–Crippen LogP) is 0.682. The fraction of sp³-hybridized carbons (Fsp3) is 0.400. The van der Waals surface area contributed by atoms with Crippen LogP contribution in [0.25, 0.3) is 0 Å². The van der Waals surface area contributed by atoms with Gasteiger partial charge in [0.05, 0.1) is 11.5 Å². The molecule has 0 saturated heterocycles. The molecule has 0 atom stereocenters. The number of aliphatic hydroxyl groups excluding tert-OH is 1. The van der Waals surface area contributed by atoms with Crippen LogP contribution in [-0.4, -0.2) is 34.8 Å². The number of para-hydroxylation sites is 2. The molecule has 0 unspecified atom stereocenters. The van der Waals surface area contributed by atoms with Gasteiger partial charge in [-0.05, 0) is 6.07 Å². The Hall–Kier alpha value is -1.70. The normalized spacial score (nSPS) is 10.5. The fourth-order valence-electron chi connectivity index (χ4n) is 1.17. The number of nitro benzene ring substituents is 1. The van der Waals surface area contributed by atoms with Gasteiger partial charge in [0.15, 0.2) is 6.29 Å². The van der Waals surface area contributed by atoms with E-state index in [0.29, 0.717) is 5.69 Å². The zero-order valence-electron chi connectivity index (χ0n) is 9.07. The van der Waals surface area contributed by atoms with E-state index in [2.05, 4.69) is 5.32 Å². The first-order chi connectivity index (χ1) is 8.11. The largest absolute Gasteiger partial charge is 0.368 e. The van der Waals surface area contributed by atoms with Gasteiger partial charge < -0.3 is 20.3 Å². The monoisotopic (exact) mass is 242 g/mol. The Morgan fingerprint density at radius 2 is 2.12 bits per heavy atom. The van der Waals surface area contributed by atoms with Crippen molar-refractivity contribution in [2.24, 2.45) is 0 Å². The highest BCUT2D eigenvalue weighted by molar-refractivity contribution is 5.60. The van der Waals surface area contributed by atoms with Crippen molar-refractivity contribution in [2.75, 3.05) is 18.7 Å². The van der Waals surface area contributed by atoms with Crippen LogP contribution in [0.15, 0.2) is 24.3 Å². The van der Waals surface area contributed by atoms with Gasteiger partial charge in [0.2, 0.25) is 0 Å². The van der Waals surface area contributed by atoms with Gasteiger partial charge in [-0.15, -0.1) is 0 Å². The average molecular weight is 242 g/mol. The van der Waals surface area contributed by atoms with Gasteiger partial charge in [-0.1, -0.05) is 12.1 Å². The summed E-state index contributed by atoms with van der Waals surface area (Å²) in [6.07, 6.45) is -1.31. The van der Waals surface area contributed by atoms with Crippen molar-refractivity contribution in [1.82, 2.24) is 0 Å². The van der Waals surface area contributed by atoms with Gasteiger partial charge >= 0.3 is 0 Å². The maximum absolute atomic E-state index is 10.7. The molecule has 0 fully saturated rings. The van der Waals surface area contributed by atoms with E-state index < -0.39 is 11.2 Å². The van der Waals surface area contributed by atoms with E-state index in [0.717, 1.165) is 0 Å². The van der Waals surface area contributed by atoms with Gasteiger partial charge in [-0.3, -0.25) is 10.1 Å². The Kier molecular flexibility index (Phi) is 5.34. The highest BCUT2D eigenvalue weighted by Gasteiger charge is 2.11. The zero-order chi connectivity index (χ0) is 12.7. The Bertz CT molecular complexity index is 369. The third kappa shape index (κ3) is 4.77. The molecular formula is C10H14N2O5. The van der Waals surface area contributed by atoms with Crippen molar-refractivity contribution in [3.05, 3.63) is 34.4 Å². The highest BCUT2D eigenvalue weighted by Crippen LogP contribution is 2.22. The SMILES string of the molecule is O=[N+]([O-])c1ccccc1NCOCCC(O)O. The Labute approximate surface area is 97.8 Å². The molecule has 0 saturated carbocycles. The minimum absolute atomic E-state index is 0.0294. The molecule has 0 spiro atoms. The summed E-state index contributed by atoms with van der Waals surface area (Å²) in [4.78, 5) is 10.2. The summed E-state index contributed by atoms with van der Waals surface area (Å²) in [7, 11) is 0. The quantitative estimate of drug-likeness (QED) is 0.281. The number of nitrogens with one attached hydrogen (secondary N) is 1. The van der Waals surface area contributed by atoms with Crippen LogP contribution < -0.4 is 5.32 Å². The number of hydrogen-bond acceptors (Lipinski definition) is 6. The number of aliphatic hydroxyl groups is 2. The van der Waals surface area contributed by atoms with Gasteiger partial charge in [-0.2, -0.15) is 0 Å². The third-order valence-corrected chi connectivity index (χ3v) is 1.99. The molecule has 0 bridgehead atoms. The van der Waals surface area contributed by atoms with Crippen LogP contribution in [-0.2, 0) is 4.74 Å².